The second kappa shape index (κ2) is 6.07. The standard InChI is InChI=1S/C16H17N3O/c1-3-18-16(20)11-19(2)15-9-8-12(10-17)13-6-4-5-7-14(13)15/h4-9H,3,11H2,1-2H3,(H,18,20). The van der Waals surface area contributed by atoms with E-state index >= 15 is 0 Å². The molecule has 0 aliphatic rings. The first kappa shape index (κ1) is 13.9. The van der Waals surface area contributed by atoms with Crippen molar-refractivity contribution in [1.29, 1.82) is 5.26 Å². The summed E-state index contributed by atoms with van der Waals surface area (Å²) in [4.78, 5) is 13.6. The van der Waals surface area contributed by atoms with Crippen LogP contribution in [0.1, 0.15) is 12.5 Å². The van der Waals surface area contributed by atoms with Gasteiger partial charge in [0.25, 0.3) is 0 Å². The summed E-state index contributed by atoms with van der Waals surface area (Å²) in [5, 5.41) is 13.8. The summed E-state index contributed by atoms with van der Waals surface area (Å²) in [5.41, 5.74) is 1.60. The summed E-state index contributed by atoms with van der Waals surface area (Å²) < 4.78 is 0. The van der Waals surface area contributed by atoms with Crippen molar-refractivity contribution in [3.05, 3.63) is 42.0 Å². The second-order valence-electron chi connectivity index (χ2n) is 4.60. The number of rotatable bonds is 4. The number of amides is 1. The highest BCUT2D eigenvalue weighted by Gasteiger charge is 2.11. The zero-order valence-electron chi connectivity index (χ0n) is 11.7. The van der Waals surface area contributed by atoms with Gasteiger partial charge in [-0.2, -0.15) is 5.26 Å². The Bertz CT molecular complexity index is 673. The fraction of sp³-hybridized carbons (Fsp3) is 0.250. The molecule has 2 aromatic rings. The number of benzene rings is 2. The van der Waals surface area contributed by atoms with Gasteiger partial charge in [-0.25, -0.2) is 0 Å². The molecule has 20 heavy (non-hydrogen) atoms. The van der Waals surface area contributed by atoms with Crippen LogP contribution in [0.25, 0.3) is 10.8 Å². The number of fused-ring (bicyclic) bond motifs is 1. The monoisotopic (exact) mass is 267 g/mol. The lowest BCUT2D eigenvalue weighted by Crippen LogP contribution is -2.35. The van der Waals surface area contributed by atoms with Crippen molar-refractivity contribution in [2.24, 2.45) is 0 Å². The van der Waals surface area contributed by atoms with Crippen LogP contribution in [-0.2, 0) is 4.79 Å². The molecular formula is C16H17N3O. The Balaban J connectivity index is 2.40. The summed E-state index contributed by atoms with van der Waals surface area (Å²) in [6, 6.07) is 13.6. The lowest BCUT2D eigenvalue weighted by molar-refractivity contribution is -0.119. The first-order chi connectivity index (χ1) is 9.67. The predicted molar refractivity (Wildman–Crippen MR) is 80.6 cm³/mol. The summed E-state index contributed by atoms with van der Waals surface area (Å²) in [5.74, 6) is -0.0107. The number of nitrogens with zero attached hydrogens (tertiary/aromatic N) is 2. The van der Waals surface area contributed by atoms with E-state index in [1.54, 1.807) is 6.07 Å². The first-order valence-electron chi connectivity index (χ1n) is 6.57. The van der Waals surface area contributed by atoms with Crippen molar-refractivity contribution in [2.75, 3.05) is 25.0 Å². The highest BCUT2D eigenvalue weighted by Crippen LogP contribution is 2.28. The van der Waals surface area contributed by atoms with E-state index in [1.807, 2.05) is 49.2 Å². The molecule has 4 nitrogen and oxygen atoms in total. The Morgan fingerprint density at radius 2 is 1.95 bits per heavy atom. The minimum Gasteiger partial charge on any atom is -0.365 e. The van der Waals surface area contributed by atoms with Crippen LogP contribution in [0.2, 0.25) is 0 Å². The van der Waals surface area contributed by atoms with Gasteiger partial charge in [-0.1, -0.05) is 24.3 Å². The van der Waals surface area contributed by atoms with Crippen molar-refractivity contribution in [1.82, 2.24) is 5.32 Å². The molecule has 0 radical (unpaired) electrons. The smallest absolute Gasteiger partial charge is 0.239 e. The zero-order valence-corrected chi connectivity index (χ0v) is 11.7. The van der Waals surface area contributed by atoms with Crippen LogP contribution in [0.4, 0.5) is 5.69 Å². The van der Waals surface area contributed by atoms with Crippen molar-refractivity contribution < 1.29 is 4.79 Å². The van der Waals surface area contributed by atoms with Crippen LogP contribution in [-0.4, -0.2) is 26.0 Å². The highest BCUT2D eigenvalue weighted by molar-refractivity contribution is 5.98. The van der Waals surface area contributed by atoms with Gasteiger partial charge >= 0.3 is 0 Å². The van der Waals surface area contributed by atoms with Gasteiger partial charge in [-0.3, -0.25) is 4.79 Å². The Hall–Kier alpha value is -2.54. The number of anilines is 1. The molecule has 0 saturated heterocycles. The Morgan fingerprint density at radius 1 is 1.25 bits per heavy atom. The molecule has 0 fully saturated rings. The number of hydrogen-bond acceptors (Lipinski definition) is 3. The van der Waals surface area contributed by atoms with E-state index in [2.05, 4.69) is 11.4 Å². The van der Waals surface area contributed by atoms with E-state index < -0.39 is 0 Å². The summed E-state index contributed by atoms with van der Waals surface area (Å²) >= 11 is 0. The Morgan fingerprint density at radius 3 is 2.60 bits per heavy atom. The molecule has 2 aromatic carbocycles. The van der Waals surface area contributed by atoms with Gasteiger partial charge in [0.1, 0.15) is 0 Å². The van der Waals surface area contributed by atoms with Crippen LogP contribution >= 0.6 is 0 Å². The number of carbonyl (C=O) groups is 1. The fourth-order valence-corrected chi connectivity index (χ4v) is 2.27. The van der Waals surface area contributed by atoms with E-state index in [0.29, 0.717) is 18.7 Å². The van der Waals surface area contributed by atoms with Crippen LogP contribution < -0.4 is 10.2 Å². The van der Waals surface area contributed by atoms with Crippen molar-refractivity contribution in [2.45, 2.75) is 6.92 Å². The van der Waals surface area contributed by atoms with Crippen LogP contribution in [0.5, 0.6) is 0 Å². The normalized spacial score (nSPS) is 10.1. The number of carbonyl (C=O) groups excluding carboxylic acids is 1. The highest BCUT2D eigenvalue weighted by atomic mass is 16.1. The molecule has 2 rings (SSSR count). The largest absolute Gasteiger partial charge is 0.365 e. The molecule has 0 aliphatic heterocycles. The number of likely N-dealkylation sites (N-methyl/N-ethyl adjacent to an activating group) is 2. The molecule has 1 N–H and O–H groups in total. The molecule has 0 aromatic heterocycles. The van der Waals surface area contributed by atoms with Crippen molar-refractivity contribution >= 4 is 22.4 Å². The van der Waals surface area contributed by atoms with Gasteiger partial charge in [-0.15, -0.1) is 0 Å². The molecule has 0 atom stereocenters. The summed E-state index contributed by atoms with van der Waals surface area (Å²) in [7, 11) is 1.88. The van der Waals surface area contributed by atoms with Gasteiger partial charge in [-0.05, 0) is 19.1 Å². The third-order valence-corrected chi connectivity index (χ3v) is 3.19. The van der Waals surface area contributed by atoms with Crippen molar-refractivity contribution in [3.63, 3.8) is 0 Å². The number of hydrogen-bond donors (Lipinski definition) is 1. The topological polar surface area (TPSA) is 56.1 Å². The second-order valence-corrected chi connectivity index (χ2v) is 4.60. The van der Waals surface area contributed by atoms with Gasteiger partial charge in [0.15, 0.2) is 0 Å². The molecule has 0 bridgehead atoms. The molecule has 0 unspecified atom stereocenters. The summed E-state index contributed by atoms with van der Waals surface area (Å²) in [6.07, 6.45) is 0. The average molecular weight is 267 g/mol. The molecular weight excluding hydrogens is 250 g/mol. The maximum Gasteiger partial charge on any atom is 0.239 e. The summed E-state index contributed by atoms with van der Waals surface area (Å²) in [6.45, 7) is 2.82. The van der Waals surface area contributed by atoms with E-state index in [-0.39, 0.29) is 5.91 Å². The van der Waals surface area contributed by atoms with E-state index in [1.165, 1.54) is 0 Å². The minimum absolute atomic E-state index is 0.0107. The first-order valence-corrected chi connectivity index (χ1v) is 6.57. The molecule has 0 aliphatic carbocycles. The molecule has 0 saturated carbocycles. The fourth-order valence-electron chi connectivity index (χ4n) is 2.27. The molecule has 0 heterocycles. The number of nitrogens with one attached hydrogen (secondary N) is 1. The molecule has 4 heteroatoms. The van der Waals surface area contributed by atoms with Crippen LogP contribution in [0.15, 0.2) is 36.4 Å². The quantitative estimate of drug-likeness (QED) is 0.924. The van der Waals surface area contributed by atoms with Crippen LogP contribution in [0, 0.1) is 11.3 Å². The SMILES string of the molecule is CCNC(=O)CN(C)c1ccc(C#N)c2ccccc12. The van der Waals surface area contributed by atoms with E-state index in [4.69, 9.17) is 5.26 Å². The van der Waals surface area contributed by atoms with Gasteiger partial charge in [0, 0.05) is 30.1 Å². The third-order valence-electron chi connectivity index (χ3n) is 3.19. The zero-order chi connectivity index (χ0) is 14.5. The molecule has 0 spiro atoms. The third kappa shape index (κ3) is 2.72. The van der Waals surface area contributed by atoms with Crippen molar-refractivity contribution in [3.8, 4) is 6.07 Å². The van der Waals surface area contributed by atoms with Gasteiger partial charge in [0.2, 0.25) is 5.91 Å². The lowest BCUT2D eigenvalue weighted by atomic mass is 10.0. The maximum absolute atomic E-state index is 11.7. The van der Waals surface area contributed by atoms with Gasteiger partial charge in [0.05, 0.1) is 18.2 Å². The lowest BCUT2D eigenvalue weighted by Gasteiger charge is -2.21. The van der Waals surface area contributed by atoms with Crippen LogP contribution in [0.3, 0.4) is 0 Å². The van der Waals surface area contributed by atoms with E-state index in [0.717, 1.165) is 16.5 Å². The average Bonchev–Trinajstić information content (AvgIpc) is 2.46. The minimum atomic E-state index is -0.0107. The van der Waals surface area contributed by atoms with Gasteiger partial charge < -0.3 is 10.2 Å². The predicted octanol–water partition coefficient (Wildman–Crippen LogP) is 2.28. The Labute approximate surface area is 118 Å². The van der Waals surface area contributed by atoms with E-state index in [9.17, 15) is 4.79 Å². The number of nitriles is 1. The molecule has 102 valence electrons. The Kier molecular flexibility index (Phi) is 4.21. The maximum atomic E-state index is 11.7. The molecule has 1 amide bonds.